The largest absolute Gasteiger partial charge is 0.228 e. The third-order valence-electron chi connectivity index (χ3n) is 6.53. The summed E-state index contributed by atoms with van der Waals surface area (Å²) in [6.07, 6.45) is 3.86. The number of para-hydroxylation sites is 1. The summed E-state index contributed by atoms with van der Waals surface area (Å²) in [5.74, 6) is 0. The lowest BCUT2D eigenvalue weighted by Gasteiger charge is -2.13. The molecule has 0 fully saturated rings. The Morgan fingerprint density at radius 1 is 0.806 bits per heavy atom. The number of pyridine rings is 1. The fourth-order valence-electron chi connectivity index (χ4n) is 4.90. The van der Waals surface area contributed by atoms with Crippen LogP contribution in [0.3, 0.4) is 0 Å². The van der Waals surface area contributed by atoms with Crippen LogP contribution < -0.4 is 0 Å². The van der Waals surface area contributed by atoms with Gasteiger partial charge in [0.2, 0.25) is 0 Å². The second kappa shape index (κ2) is 9.24. The minimum Gasteiger partial charge on any atom is -0.228 e. The van der Waals surface area contributed by atoms with Crippen LogP contribution in [0.1, 0.15) is 28.9 Å². The molecular weight excluding hydrogens is 532 g/mol. The molecule has 0 aliphatic heterocycles. The van der Waals surface area contributed by atoms with E-state index in [0.717, 1.165) is 63.2 Å². The first-order valence-corrected chi connectivity index (χ1v) is 13.0. The van der Waals surface area contributed by atoms with Crippen LogP contribution in [0.25, 0.3) is 39.5 Å². The summed E-state index contributed by atoms with van der Waals surface area (Å²) in [4.78, 5) is 5.21. The normalized spacial score (nSPS) is 14.1. The Morgan fingerprint density at radius 3 is 2.25 bits per heavy atom. The number of rotatable bonds is 3. The van der Waals surface area contributed by atoms with Crippen LogP contribution in [-0.2, 0) is 6.42 Å². The first-order chi connectivity index (χ1) is 17.4. The van der Waals surface area contributed by atoms with Gasteiger partial charge in [0.1, 0.15) is 0 Å². The van der Waals surface area contributed by atoms with E-state index in [4.69, 9.17) is 56.5 Å². The summed E-state index contributed by atoms with van der Waals surface area (Å²) >= 11 is 25.2. The van der Waals surface area contributed by atoms with E-state index in [9.17, 15) is 0 Å². The van der Waals surface area contributed by atoms with Crippen molar-refractivity contribution >= 4 is 69.1 Å². The van der Waals surface area contributed by atoms with Crippen LogP contribution in [0.5, 0.6) is 0 Å². The second-order valence-corrected chi connectivity index (χ2v) is 10.4. The zero-order chi connectivity index (χ0) is 25.0. The molecule has 3 aromatic carbocycles. The Labute approximate surface area is 228 Å². The third kappa shape index (κ3) is 4.01. The molecule has 36 heavy (non-hydrogen) atoms. The minimum atomic E-state index is 0.519. The van der Waals surface area contributed by atoms with E-state index in [-0.39, 0.29) is 0 Å². The Kier molecular flexibility index (Phi) is 6.05. The summed E-state index contributed by atoms with van der Waals surface area (Å²) in [6.45, 7) is 2.03. The van der Waals surface area contributed by atoms with Gasteiger partial charge in [0, 0.05) is 0 Å². The zero-order valence-electron chi connectivity index (χ0n) is 19.2. The van der Waals surface area contributed by atoms with Gasteiger partial charge in [-0.1, -0.05) is 76.7 Å². The van der Waals surface area contributed by atoms with Crippen molar-refractivity contribution in [3.05, 3.63) is 109 Å². The topological polar surface area (TPSA) is 30.7 Å². The van der Waals surface area contributed by atoms with E-state index >= 15 is 0 Å². The van der Waals surface area contributed by atoms with Crippen molar-refractivity contribution in [3.8, 4) is 16.8 Å². The van der Waals surface area contributed by atoms with Gasteiger partial charge in [-0.15, -0.1) is 0 Å². The molecule has 2 aromatic heterocycles. The molecule has 1 aliphatic rings. The third-order valence-corrected chi connectivity index (χ3v) is 8.01. The maximum atomic E-state index is 6.47. The van der Waals surface area contributed by atoms with Gasteiger partial charge in [-0.2, -0.15) is 5.10 Å². The first-order valence-electron chi connectivity index (χ1n) is 11.5. The molecule has 7 heteroatoms. The van der Waals surface area contributed by atoms with E-state index in [1.165, 1.54) is 5.56 Å². The Balaban J connectivity index is 1.65. The lowest BCUT2D eigenvalue weighted by atomic mass is 9.95. The van der Waals surface area contributed by atoms with Gasteiger partial charge in [-0.05, 0) is 90.1 Å². The van der Waals surface area contributed by atoms with Crippen LogP contribution in [0.4, 0.5) is 0 Å². The number of nitrogens with zero attached hydrogens (tertiary/aromatic N) is 3. The van der Waals surface area contributed by atoms with E-state index in [2.05, 4.69) is 6.08 Å². The molecular formula is C29H19Cl4N3. The molecule has 0 spiro atoms. The summed E-state index contributed by atoms with van der Waals surface area (Å²) in [5, 5.41) is 8.03. The van der Waals surface area contributed by atoms with Crippen molar-refractivity contribution in [2.24, 2.45) is 0 Å². The minimum absolute atomic E-state index is 0.519. The van der Waals surface area contributed by atoms with Gasteiger partial charge in [0.15, 0.2) is 5.65 Å². The molecule has 6 rings (SSSR count). The molecule has 1 aliphatic carbocycles. The molecule has 3 nitrogen and oxygen atoms in total. The van der Waals surface area contributed by atoms with Crippen LogP contribution in [0.15, 0.2) is 66.7 Å². The lowest BCUT2D eigenvalue weighted by molar-refractivity contribution is 0.877. The number of halogens is 4. The SMILES string of the molecule is Cc1nn(-c2ccccc2)c2nc3c(c(-c4ccc(Cl)c(Cl)c4)c12)CC/C3=C\c1ccc(Cl)c(Cl)c1. The molecule has 0 unspecified atom stereocenters. The second-order valence-electron chi connectivity index (χ2n) is 8.82. The van der Waals surface area contributed by atoms with Crippen molar-refractivity contribution in [2.75, 3.05) is 0 Å². The number of hydrogen-bond acceptors (Lipinski definition) is 2. The number of hydrogen-bond donors (Lipinski definition) is 0. The Bertz CT molecular complexity index is 1690. The average Bonchev–Trinajstić information content (AvgIpc) is 3.43. The van der Waals surface area contributed by atoms with Crippen LogP contribution in [-0.4, -0.2) is 14.8 Å². The molecule has 2 heterocycles. The number of aryl methyl sites for hydroxylation is 1. The average molecular weight is 551 g/mol. The summed E-state index contributed by atoms with van der Waals surface area (Å²) in [7, 11) is 0. The van der Waals surface area contributed by atoms with Crippen LogP contribution in [0, 0.1) is 6.92 Å². The van der Waals surface area contributed by atoms with Gasteiger partial charge >= 0.3 is 0 Å². The maximum absolute atomic E-state index is 6.47. The van der Waals surface area contributed by atoms with Gasteiger partial charge in [0.25, 0.3) is 0 Å². The van der Waals surface area contributed by atoms with Gasteiger partial charge in [-0.3, -0.25) is 0 Å². The van der Waals surface area contributed by atoms with E-state index in [1.54, 1.807) is 0 Å². The fraction of sp³-hybridized carbons (Fsp3) is 0.103. The van der Waals surface area contributed by atoms with E-state index < -0.39 is 0 Å². The predicted molar refractivity (Wildman–Crippen MR) is 152 cm³/mol. The van der Waals surface area contributed by atoms with Gasteiger partial charge in [0.05, 0.1) is 42.6 Å². The van der Waals surface area contributed by atoms with E-state index in [1.807, 2.05) is 78.3 Å². The number of fused-ring (bicyclic) bond motifs is 2. The first kappa shape index (κ1) is 23.6. The summed E-state index contributed by atoms with van der Waals surface area (Å²) in [6, 6.07) is 21.5. The Hall–Kier alpha value is -2.82. The van der Waals surface area contributed by atoms with Crippen molar-refractivity contribution in [3.63, 3.8) is 0 Å². The molecule has 0 radical (unpaired) electrons. The highest BCUT2D eigenvalue weighted by atomic mass is 35.5. The van der Waals surface area contributed by atoms with Gasteiger partial charge < -0.3 is 0 Å². The standard InChI is InChI=1S/C29H19Cl4N3/c1-16-26-27(18-9-12-23(31)25(33)15-18)21-10-8-19(13-17-7-11-22(30)24(32)14-17)28(21)34-29(26)36(35-16)20-5-3-2-4-6-20/h2-7,9,11-15H,8,10H2,1H3/b19-13+. The lowest BCUT2D eigenvalue weighted by Crippen LogP contribution is -2.00. The van der Waals surface area contributed by atoms with Crippen LogP contribution >= 0.6 is 46.4 Å². The van der Waals surface area contributed by atoms with E-state index in [0.29, 0.717) is 20.1 Å². The smallest absolute Gasteiger partial charge is 0.164 e. The van der Waals surface area contributed by atoms with Crippen molar-refractivity contribution in [2.45, 2.75) is 19.8 Å². The van der Waals surface area contributed by atoms with Gasteiger partial charge in [-0.25, -0.2) is 9.67 Å². The number of allylic oxidation sites excluding steroid dienone is 1. The molecule has 0 saturated carbocycles. The predicted octanol–water partition coefficient (Wildman–Crippen LogP) is 9.50. The van der Waals surface area contributed by atoms with Crippen molar-refractivity contribution in [1.82, 2.24) is 14.8 Å². The monoisotopic (exact) mass is 549 g/mol. The van der Waals surface area contributed by atoms with Crippen LogP contribution in [0.2, 0.25) is 20.1 Å². The highest BCUT2D eigenvalue weighted by Crippen LogP contribution is 2.44. The molecule has 0 saturated heterocycles. The summed E-state index contributed by atoms with van der Waals surface area (Å²) in [5.41, 5.74) is 9.05. The fourth-order valence-corrected chi connectivity index (χ4v) is 5.51. The summed E-state index contributed by atoms with van der Waals surface area (Å²) < 4.78 is 1.92. The molecule has 0 amide bonds. The molecule has 0 bridgehead atoms. The van der Waals surface area contributed by atoms with Crippen molar-refractivity contribution < 1.29 is 0 Å². The Morgan fingerprint density at radius 2 is 1.53 bits per heavy atom. The number of benzene rings is 3. The van der Waals surface area contributed by atoms with Crippen molar-refractivity contribution in [1.29, 1.82) is 0 Å². The molecule has 5 aromatic rings. The maximum Gasteiger partial charge on any atom is 0.164 e. The molecule has 178 valence electrons. The quantitative estimate of drug-likeness (QED) is 0.224. The molecule has 0 atom stereocenters. The highest BCUT2D eigenvalue weighted by molar-refractivity contribution is 6.42. The molecule has 0 N–H and O–H groups in total. The zero-order valence-corrected chi connectivity index (χ0v) is 22.2. The highest BCUT2D eigenvalue weighted by Gasteiger charge is 2.28. The number of aromatic nitrogens is 3.